The van der Waals surface area contributed by atoms with Crippen molar-refractivity contribution in [3.63, 3.8) is 0 Å². The number of rotatable bonds is 5. The van der Waals surface area contributed by atoms with Gasteiger partial charge in [-0.3, -0.25) is 14.0 Å². The lowest BCUT2D eigenvalue weighted by molar-refractivity contribution is 0.102. The topological polar surface area (TPSA) is 72.7 Å². The maximum atomic E-state index is 12.6. The van der Waals surface area contributed by atoms with Crippen LogP contribution in [0.15, 0.2) is 59.5 Å². The van der Waals surface area contributed by atoms with Gasteiger partial charge in [0.05, 0.1) is 5.69 Å². The number of amides is 1. The van der Waals surface area contributed by atoms with E-state index in [9.17, 15) is 9.59 Å². The molecule has 0 atom stereocenters. The zero-order chi connectivity index (χ0) is 21.3. The lowest BCUT2D eigenvalue weighted by Crippen LogP contribution is -2.14. The van der Waals surface area contributed by atoms with Gasteiger partial charge in [-0.25, -0.2) is 4.98 Å². The van der Waals surface area contributed by atoms with Gasteiger partial charge in [-0.2, -0.15) is 0 Å². The molecule has 0 aliphatic heterocycles. The molecule has 0 aliphatic rings. The van der Waals surface area contributed by atoms with E-state index in [-0.39, 0.29) is 18.1 Å². The first-order valence-electron chi connectivity index (χ1n) is 9.50. The molecule has 0 unspecified atom stereocenters. The summed E-state index contributed by atoms with van der Waals surface area (Å²) < 4.78 is 7.47. The van der Waals surface area contributed by atoms with E-state index >= 15 is 0 Å². The number of carbonyl (C=O) groups excluding carboxylic acids is 1. The fourth-order valence-electron chi connectivity index (χ4n) is 3.14. The van der Waals surface area contributed by atoms with E-state index < -0.39 is 0 Å². The lowest BCUT2D eigenvalue weighted by atomic mass is 10.1. The molecule has 1 amide bonds. The number of anilines is 1. The second kappa shape index (κ2) is 8.12. The minimum atomic E-state index is -0.170. The highest BCUT2D eigenvalue weighted by molar-refractivity contribution is 7.16. The molecule has 2 aromatic heterocycles. The van der Waals surface area contributed by atoms with Crippen LogP contribution in [-0.4, -0.2) is 15.3 Å². The highest BCUT2D eigenvalue weighted by atomic mass is 32.1. The molecule has 2 heterocycles. The molecule has 0 fully saturated rings. The van der Waals surface area contributed by atoms with Gasteiger partial charge in [0, 0.05) is 34.5 Å². The van der Waals surface area contributed by atoms with Crippen molar-refractivity contribution in [1.82, 2.24) is 9.38 Å². The Hall–Kier alpha value is -3.45. The molecule has 0 saturated heterocycles. The van der Waals surface area contributed by atoms with Gasteiger partial charge in [0.15, 0.2) is 4.96 Å². The van der Waals surface area contributed by atoms with Gasteiger partial charge in [0.25, 0.3) is 11.5 Å². The number of ether oxygens (including phenoxy) is 1. The Morgan fingerprint density at radius 3 is 2.70 bits per heavy atom. The van der Waals surface area contributed by atoms with Crippen LogP contribution in [0, 0.1) is 20.8 Å². The number of aryl methyl sites for hydroxylation is 3. The summed E-state index contributed by atoms with van der Waals surface area (Å²) >= 11 is 1.46. The summed E-state index contributed by atoms with van der Waals surface area (Å²) in [6, 6.07) is 14.4. The first-order valence-corrected chi connectivity index (χ1v) is 10.3. The summed E-state index contributed by atoms with van der Waals surface area (Å²) in [5.41, 5.74) is 3.55. The lowest BCUT2D eigenvalue weighted by Gasteiger charge is -2.12. The number of carbonyl (C=O) groups is 1. The van der Waals surface area contributed by atoms with Crippen molar-refractivity contribution < 1.29 is 9.53 Å². The maximum absolute atomic E-state index is 12.6. The second-order valence-corrected chi connectivity index (χ2v) is 8.33. The van der Waals surface area contributed by atoms with Crippen LogP contribution in [0.5, 0.6) is 5.75 Å². The van der Waals surface area contributed by atoms with E-state index in [0.717, 1.165) is 16.0 Å². The van der Waals surface area contributed by atoms with E-state index in [1.54, 1.807) is 18.3 Å². The Labute approximate surface area is 177 Å². The summed E-state index contributed by atoms with van der Waals surface area (Å²) in [6.07, 6.45) is 1.78. The molecule has 0 saturated carbocycles. The van der Waals surface area contributed by atoms with E-state index in [4.69, 9.17) is 4.74 Å². The van der Waals surface area contributed by atoms with E-state index in [1.807, 2.05) is 51.1 Å². The zero-order valence-corrected chi connectivity index (χ0v) is 17.7. The van der Waals surface area contributed by atoms with Crippen LogP contribution in [0.2, 0.25) is 0 Å². The fourth-order valence-corrected chi connectivity index (χ4v) is 3.99. The number of thiazole rings is 1. The number of nitrogens with one attached hydrogen (secondary N) is 1. The summed E-state index contributed by atoms with van der Waals surface area (Å²) in [4.78, 5) is 31.0. The summed E-state index contributed by atoms with van der Waals surface area (Å²) in [6.45, 7) is 5.93. The van der Waals surface area contributed by atoms with E-state index in [2.05, 4.69) is 10.3 Å². The SMILES string of the molecule is Cc1cn2c(=O)cc(COc3cc(NC(=O)c4ccccc4C)ccc3C)nc2s1. The molecule has 2 aromatic carbocycles. The van der Waals surface area contributed by atoms with Gasteiger partial charge in [-0.05, 0) is 44.0 Å². The van der Waals surface area contributed by atoms with Crippen LogP contribution in [0.25, 0.3) is 4.96 Å². The maximum Gasteiger partial charge on any atom is 0.258 e. The minimum Gasteiger partial charge on any atom is -0.487 e. The van der Waals surface area contributed by atoms with Crippen LogP contribution in [0.1, 0.15) is 32.1 Å². The molecule has 0 radical (unpaired) electrons. The molecule has 30 heavy (non-hydrogen) atoms. The van der Waals surface area contributed by atoms with Gasteiger partial charge in [-0.1, -0.05) is 24.3 Å². The number of hydrogen-bond acceptors (Lipinski definition) is 5. The van der Waals surface area contributed by atoms with Crippen molar-refractivity contribution >= 4 is 27.9 Å². The van der Waals surface area contributed by atoms with Gasteiger partial charge >= 0.3 is 0 Å². The monoisotopic (exact) mass is 419 g/mol. The minimum absolute atomic E-state index is 0.126. The largest absolute Gasteiger partial charge is 0.487 e. The first-order chi connectivity index (χ1) is 14.4. The van der Waals surface area contributed by atoms with Gasteiger partial charge in [-0.15, -0.1) is 11.3 Å². The van der Waals surface area contributed by atoms with E-state index in [0.29, 0.717) is 27.7 Å². The first kappa shape index (κ1) is 19.8. The molecular weight excluding hydrogens is 398 g/mol. The smallest absolute Gasteiger partial charge is 0.258 e. The van der Waals surface area contributed by atoms with Crippen LogP contribution < -0.4 is 15.6 Å². The molecule has 0 bridgehead atoms. The number of hydrogen-bond donors (Lipinski definition) is 1. The predicted molar refractivity (Wildman–Crippen MR) is 119 cm³/mol. The number of nitrogens with zero attached hydrogens (tertiary/aromatic N) is 2. The standard InChI is InChI=1S/C23H21N3O3S/c1-14-6-4-5-7-19(14)22(28)24-17-9-8-15(2)20(10-17)29-13-18-11-21(27)26-12-16(3)30-23(26)25-18/h4-12H,13H2,1-3H3,(H,24,28). The molecule has 7 heteroatoms. The highest BCUT2D eigenvalue weighted by Gasteiger charge is 2.11. The average molecular weight is 420 g/mol. The molecule has 4 aromatic rings. The van der Waals surface area contributed by atoms with Crippen molar-refractivity contribution in [2.45, 2.75) is 27.4 Å². The zero-order valence-electron chi connectivity index (χ0n) is 16.9. The molecule has 0 aliphatic carbocycles. The fraction of sp³-hybridized carbons (Fsp3) is 0.174. The van der Waals surface area contributed by atoms with Gasteiger partial charge in [0.2, 0.25) is 0 Å². The van der Waals surface area contributed by atoms with Crippen LogP contribution in [0.4, 0.5) is 5.69 Å². The molecular formula is C23H21N3O3S. The normalized spacial score (nSPS) is 10.9. The molecule has 0 spiro atoms. The van der Waals surface area contributed by atoms with Crippen molar-refractivity contribution in [3.8, 4) is 5.75 Å². The number of fused-ring (bicyclic) bond motifs is 1. The third-order valence-electron chi connectivity index (χ3n) is 4.75. The third-order valence-corrected chi connectivity index (χ3v) is 5.65. The van der Waals surface area contributed by atoms with Crippen molar-refractivity contribution in [1.29, 1.82) is 0 Å². The quantitative estimate of drug-likeness (QED) is 0.516. The summed E-state index contributed by atoms with van der Waals surface area (Å²) in [7, 11) is 0. The Kier molecular flexibility index (Phi) is 5.37. The van der Waals surface area contributed by atoms with Crippen LogP contribution in [-0.2, 0) is 6.61 Å². The van der Waals surface area contributed by atoms with Crippen LogP contribution in [0.3, 0.4) is 0 Å². The Morgan fingerprint density at radius 2 is 1.90 bits per heavy atom. The predicted octanol–water partition coefficient (Wildman–Crippen LogP) is 4.51. The molecule has 4 rings (SSSR count). The van der Waals surface area contributed by atoms with Gasteiger partial charge in [0.1, 0.15) is 12.4 Å². The Morgan fingerprint density at radius 1 is 1.10 bits per heavy atom. The number of aromatic nitrogens is 2. The van der Waals surface area contributed by atoms with Gasteiger partial charge < -0.3 is 10.1 Å². The highest BCUT2D eigenvalue weighted by Crippen LogP contribution is 2.24. The molecule has 6 nitrogen and oxygen atoms in total. The molecule has 152 valence electrons. The van der Waals surface area contributed by atoms with Crippen molar-refractivity contribution in [2.75, 3.05) is 5.32 Å². The van der Waals surface area contributed by atoms with Crippen molar-refractivity contribution in [3.05, 3.63) is 92.3 Å². The van der Waals surface area contributed by atoms with E-state index in [1.165, 1.54) is 21.8 Å². The summed E-state index contributed by atoms with van der Waals surface area (Å²) in [5, 5.41) is 2.91. The average Bonchev–Trinajstić information content (AvgIpc) is 3.09. The second-order valence-electron chi connectivity index (χ2n) is 7.12. The Balaban J connectivity index is 1.52. The Bertz CT molecular complexity index is 1310. The number of benzene rings is 2. The molecule has 1 N–H and O–H groups in total. The van der Waals surface area contributed by atoms with Crippen LogP contribution >= 0.6 is 11.3 Å². The summed E-state index contributed by atoms with van der Waals surface area (Å²) in [5.74, 6) is 0.457. The van der Waals surface area contributed by atoms with Crippen molar-refractivity contribution in [2.24, 2.45) is 0 Å². The third kappa shape index (κ3) is 4.11.